The van der Waals surface area contributed by atoms with Gasteiger partial charge in [-0.2, -0.15) is 0 Å². The van der Waals surface area contributed by atoms with Crippen LogP contribution < -0.4 is 11.5 Å². The Morgan fingerprint density at radius 3 is 1.40 bits per heavy atom. The Morgan fingerprint density at radius 1 is 1.40 bits per heavy atom. The molecule has 0 spiro atoms. The molecule has 3 nitrogen and oxygen atoms in total. The number of primary amides is 2. The number of carbonyl (C=O) groups is 1. The third kappa shape index (κ3) is 9.90. The van der Waals surface area contributed by atoms with Gasteiger partial charge in [-0.05, 0) is 0 Å². The molecule has 0 fully saturated rings. The first-order valence-corrected chi connectivity index (χ1v) is 0.781. The number of carbonyl (C=O) groups excluding carboxylic acids is 1. The van der Waals surface area contributed by atoms with Crippen molar-refractivity contribution >= 4 is 6.03 Å². The van der Waals surface area contributed by atoms with E-state index >= 15 is 0 Å². The van der Waals surface area contributed by atoms with Crippen molar-refractivity contribution < 1.29 is 4.79 Å². The maximum absolute atomic E-state index is 9.00. The van der Waals surface area contributed by atoms with Crippen LogP contribution >= 0.6 is 0 Å². The molecule has 4 radical (unpaired) electrons. The van der Waals surface area contributed by atoms with Crippen LogP contribution in [-0.4, -0.2) is 6.03 Å². The van der Waals surface area contributed by atoms with Crippen molar-refractivity contribution in [3.63, 3.8) is 0 Å². The summed E-state index contributed by atoms with van der Waals surface area (Å²) in [5.74, 6) is 0. The average molecular weight is 73.1 g/mol. The van der Waals surface area contributed by atoms with E-state index in [2.05, 4.69) is 11.5 Å². The molecular weight excluding hydrogens is 69.0 g/mol. The van der Waals surface area contributed by atoms with Crippen molar-refractivity contribution in [1.29, 1.82) is 0 Å². The number of nitrogens with two attached hydrogens (primary N) is 2. The minimum atomic E-state index is -0.833. The number of hydrogen-bond donors (Lipinski definition) is 2. The van der Waals surface area contributed by atoms with Crippen LogP contribution in [0.1, 0.15) is 0 Å². The summed E-state index contributed by atoms with van der Waals surface area (Å²) < 4.78 is 0. The van der Waals surface area contributed by atoms with Gasteiger partial charge in [-0.1, -0.05) is 0 Å². The molecule has 0 aromatic rings. The third-order valence-electron chi connectivity index (χ3n) is 0. The molecule has 0 unspecified atom stereocenters. The zero-order valence-electron chi connectivity index (χ0n) is 2.56. The van der Waals surface area contributed by atoms with Crippen LogP contribution in [0.15, 0.2) is 0 Å². The fourth-order valence-corrected chi connectivity index (χ4v) is 0. The summed E-state index contributed by atoms with van der Waals surface area (Å²) in [6.45, 7) is 0. The first-order valence-electron chi connectivity index (χ1n) is 0.781. The monoisotopic (exact) mass is 73.0 g/mol. The first-order chi connectivity index (χ1) is 1.73. The van der Waals surface area contributed by atoms with Gasteiger partial charge in [-0.3, -0.25) is 0 Å². The molecule has 28 valence electrons. The quantitative estimate of drug-likeness (QED) is 0.358. The molecule has 0 saturated heterocycles. The fraction of sp³-hybridized carbons (Fsp3) is 0. The molecule has 0 aliphatic heterocycles. The van der Waals surface area contributed by atoms with E-state index in [1.165, 1.54) is 0 Å². The second-order valence-electron chi connectivity index (χ2n) is 0.402. The lowest BCUT2D eigenvalue weighted by molar-refractivity contribution is 0.256. The van der Waals surface area contributed by atoms with Crippen LogP contribution in [0.25, 0.3) is 0 Å². The Kier molecular flexibility index (Phi) is 5.79. The van der Waals surface area contributed by atoms with Crippen molar-refractivity contribution in [3.8, 4) is 0 Å². The SMILES string of the molecule is N[13C](N)=O.[C]. The molecule has 0 aromatic carbocycles. The van der Waals surface area contributed by atoms with Crippen LogP contribution in [0, 0.1) is 7.43 Å². The molecule has 0 heterocycles. The summed E-state index contributed by atoms with van der Waals surface area (Å²) in [6, 6.07) is -0.833. The predicted octanol–water partition coefficient (Wildman–Crippen LogP) is -0.895. The first kappa shape index (κ1) is 8.86. The summed E-state index contributed by atoms with van der Waals surface area (Å²) in [5, 5.41) is 0. The second kappa shape index (κ2) is 3.27. The molecule has 0 rings (SSSR count). The van der Waals surface area contributed by atoms with E-state index in [9.17, 15) is 0 Å². The van der Waals surface area contributed by atoms with Crippen molar-refractivity contribution in [2.45, 2.75) is 0 Å². The van der Waals surface area contributed by atoms with Gasteiger partial charge in [-0.25, -0.2) is 4.79 Å². The fourth-order valence-electron chi connectivity index (χ4n) is 0. The Morgan fingerprint density at radius 2 is 1.40 bits per heavy atom. The van der Waals surface area contributed by atoms with Crippen LogP contribution in [0.4, 0.5) is 4.79 Å². The van der Waals surface area contributed by atoms with E-state index in [0.717, 1.165) is 0 Å². The highest BCUT2D eigenvalue weighted by Gasteiger charge is 1.60. The van der Waals surface area contributed by atoms with E-state index in [0.29, 0.717) is 0 Å². The lowest BCUT2D eigenvalue weighted by Crippen LogP contribution is -2.18. The molecule has 4 N–H and O–H groups in total. The van der Waals surface area contributed by atoms with Gasteiger partial charge in [0.2, 0.25) is 0 Å². The number of amides is 2. The average Bonchev–Trinajstić information content (AvgIpc) is 0.811. The van der Waals surface area contributed by atoms with Gasteiger partial charge in [0.15, 0.2) is 0 Å². The minimum absolute atomic E-state index is 0. The topological polar surface area (TPSA) is 69.1 Å². The molecule has 5 heavy (non-hydrogen) atoms. The highest BCUT2D eigenvalue weighted by atomic mass is 16.2. The van der Waals surface area contributed by atoms with Crippen molar-refractivity contribution in [2.24, 2.45) is 11.5 Å². The lowest BCUT2D eigenvalue weighted by Gasteiger charge is -1.62. The zero-order chi connectivity index (χ0) is 3.58. The van der Waals surface area contributed by atoms with Gasteiger partial charge in [0.25, 0.3) is 0 Å². The Labute approximate surface area is 31.0 Å². The van der Waals surface area contributed by atoms with Crippen LogP contribution in [-0.2, 0) is 0 Å². The van der Waals surface area contributed by atoms with Crippen molar-refractivity contribution in [3.05, 3.63) is 7.43 Å². The van der Waals surface area contributed by atoms with Gasteiger partial charge in [0, 0.05) is 7.43 Å². The molecule has 0 atom stereocenters. The van der Waals surface area contributed by atoms with Gasteiger partial charge in [-0.15, -0.1) is 0 Å². The van der Waals surface area contributed by atoms with Crippen molar-refractivity contribution in [1.82, 2.24) is 0 Å². The molecule has 0 aliphatic carbocycles. The van der Waals surface area contributed by atoms with Gasteiger partial charge in [0.05, 0.1) is 0 Å². The predicted molar refractivity (Wildman–Crippen MR) is 17.0 cm³/mol. The standard InChI is InChI=1S/CH4N2O.C/c2-1(3)4;/h(H4,2,3,4);/i1+1;. The van der Waals surface area contributed by atoms with Gasteiger partial charge < -0.3 is 11.5 Å². The smallest absolute Gasteiger partial charge is 0.309 e. The Bertz CT molecular complexity index is 30.6. The number of urea groups is 1. The number of rotatable bonds is 0. The van der Waals surface area contributed by atoms with E-state index in [1.807, 2.05) is 0 Å². The summed E-state index contributed by atoms with van der Waals surface area (Å²) >= 11 is 0. The van der Waals surface area contributed by atoms with Gasteiger partial charge in [0.1, 0.15) is 0 Å². The van der Waals surface area contributed by atoms with E-state index in [1.54, 1.807) is 0 Å². The van der Waals surface area contributed by atoms with Crippen molar-refractivity contribution in [2.75, 3.05) is 0 Å². The molecule has 0 aromatic heterocycles. The van der Waals surface area contributed by atoms with E-state index < -0.39 is 6.03 Å². The molecule has 0 saturated carbocycles. The molecule has 0 bridgehead atoms. The van der Waals surface area contributed by atoms with Crippen LogP contribution in [0.3, 0.4) is 0 Å². The number of hydrogen-bond acceptors (Lipinski definition) is 1. The van der Waals surface area contributed by atoms with Crippen LogP contribution in [0.5, 0.6) is 0 Å². The van der Waals surface area contributed by atoms with Gasteiger partial charge >= 0.3 is 6.03 Å². The molecular formula is C2H4N2O. The minimum Gasteiger partial charge on any atom is -0.352 e. The zero-order valence-corrected chi connectivity index (χ0v) is 2.56. The summed E-state index contributed by atoms with van der Waals surface area (Å²) in [7, 11) is 0. The molecule has 2 amide bonds. The summed E-state index contributed by atoms with van der Waals surface area (Å²) in [6.07, 6.45) is 0. The highest BCUT2D eigenvalue weighted by molar-refractivity contribution is 5.69. The highest BCUT2D eigenvalue weighted by Crippen LogP contribution is 1.25. The molecule has 0 aliphatic rings. The van der Waals surface area contributed by atoms with E-state index in [-0.39, 0.29) is 7.43 Å². The van der Waals surface area contributed by atoms with E-state index in [4.69, 9.17) is 4.79 Å². The Balaban J connectivity index is 0. The summed E-state index contributed by atoms with van der Waals surface area (Å²) in [5.41, 5.74) is 8.50. The Hall–Kier alpha value is -0.730. The maximum atomic E-state index is 9.00. The lowest BCUT2D eigenvalue weighted by atomic mass is 11.9. The molecule has 3 heteroatoms. The van der Waals surface area contributed by atoms with Crippen LogP contribution in [0.2, 0.25) is 0 Å². The second-order valence-corrected chi connectivity index (χ2v) is 0.402. The third-order valence-corrected chi connectivity index (χ3v) is 0. The summed E-state index contributed by atoms with van der Waals surface area (Å²) in [4.78, 5) is 9.00. The normalized spacial score (nSPS) is 4.80. The largest absolute Gasteiger partial charge is 0.352 e. The maximum Gasteiger partial charge on any atom is 0.309 e.